The maximum Gasteiger partial charge on any atom is 0.227 e. The van der Waals surface area contributed by atoms with Gasteiger partial charge in [0.25, 0.3) is 0 Å². The lowest BCUT2D eigenvalue weighted by atomic mass is 9.92. The average molecular weight is 574 g/mol. The van der Waals surface area contributed by atoms with Gasteiger partial charge in [-0.1, -0.05) is 13.0 Å². The number of aliphatic hydroxyl groups excluding tert-OH is 3. The molecule has 0 bridgehead atoms. The molecule has 4 rings (SSSR count). The van der Waals surface area contributed by atoms with E-state index >= 15 is 0 Å². The number of nitrogens with one attached hydrogen (secondary N) is 1. The molecular weight excluding hydrogens is 529 g/mol. The van der Waals surface area contributed by atoms with Crippen LogP contribution in [0.2, 0.25) is 0 Å². The Morgan fingerprint density at radius 2 is 1.78 bits per heavy atom. The molecule has 1 amide bonds. The molecule has 3 heterocycles. The first-order valence-corrected chi connectivity index (χ1v) is 14.7. The number of rotatable bonds is 15. The predicted molar refractivity (Wildman–Crippen MR) is 153 cm³/mol. The Bertz CT molecular complexity index is 1090. The van der Waals surface area contributed by atoms with Crippen molar-refractivity contribution in [2.75, 3.05) is 64.1 Å². The number of halogens is 1. The van der Waals surface area contributed by atoms with Crippen LogP contribution in [-0.2, 0) is 17.6 Å². The highest BCUT2D eigenvalue weighted by Crippen LogP contribution is 2.25. The lowest BCUT2D eigenvalue weighted by Gasteiger charge is -2.41. The standard InChI is InChI=1S/C30H44FN5O5/c1-2-22-14-32-29(33-15-22)35-9-7-23(8-10-35)4-3-11-41-26-6-5-25(27(31)13-26)12-28(40)36-17-24(18-36)16-34-30(19-37,20-38)21-39/h5-6,13-15,23-24,34,37-39H,2-4,7-12,16-21H2,1H3. The Morgan fingerprint density at radius 1 is 1.10 bits per heavy atom. The lowest BCUT2D eigenvalue weighted by molar-refractivity contribution is -0.136. The van der Waals surface area contributed by atoms with Gasteiger partial charge in [-0.2, -0.15) is 0 Å². The minimum atomic E-state index is -1.13. The lowest BCUT2D eigenvalue weighted by Crippen LogP contribution is -2.60. The molecule has 2 aromatic rings. The highest BCUT2D eigenvalue weighted by molar-refractivity contribution is 5.79. The number of piperidine rings is 1. The van der Waals surface area contributed by atoms with Crippen molar-refractivity contribution >= 4 is 11.9 Å². The second-order valence-electron chi connectivity index (χ2n) is 11.4. The number of hydrogen-bond acceptors (Lipinski definition) is 9. The van der Waals surface area contributed by atoms with Crippen LogP contribution in [0.1, 0.15) is 43.7 Å². The van der Waals surface area contributed by atoms with Gasteiger partial charge >= 0.3 is 0 Å². The second-order valence-corrected chi connectivity index (χ2v) is 11.4. The third-order valence-corrected chi connectivity index (χ3v) is 8.37. The van der Waals surface area contributed by atoms with Gasteiger partial charge in [0.15, 0.2) is 0 Å². The van der Waals surface area contributed by atoms with Crippen LogP contribution < -0.4 is 15.0 Å². The fourth-order valence-electron chi connectivity index (χ4n) is 5.29. The van der Waals surface area contributed by atoms with E-state index in [1.54, 1.807) is 17.0 Å². The molecule has 2 fully saturated rings. The topological polar surface area (TPSA) is 131 Å². The molecule has 11 heteroatoms. The summed E-state index contributed by atoms with van der Waals surface area (Å²) < 4.78 is 20.5. The molecule has 2 aliphatic heterocycles. The number of ether oxygens (including phenoxy) is 1. The van der Waals surface area contributed by atoms with Crippen molar-refractivity contribution < 1.29 is 29.2 Å². The van der Waals surface area contributed by atoms with Gasteiger partial charge in [-0.15, -0.1) is 0 Å². The van der Waals surface area contributed by atoms with Crippen molar-refractivity contribution in [2.45, 2.75) is 51.0 Å². The third-order valence-electron chi connectivity index (χ3n) is 8.37. The summed E-state index contributed by atoms with van der Waals surface area (Å²) in [6.07, 6.45) is 8.88. The minimum Gasteiger partial charge on any atom is -0.493 e. The fourth-order valence-corrected chi connectivity index (χ4v) is 5.29. The quantitative estimate of drug-likeness (QED) is 0.235. The summed E-state index contributed by atoms with van der Waals surface area (Å²) in [6, 6.07) is 4.69. The molecule has 0 atom stereocenters. The van der Waals surface area contributed by atoms with E-state index in [0.717, 1.165) is 56.7 Å². The van der Waals surface area contributed by atoms with E-state index in [2.05, 4.69) is 27.1 Å². The summed E-state index contributed by atoms with van der Waals surface area (Å²) in [4.78, 5) is 25.5. The number of carbonyl (C=O) groups excluding carboxylic acids is 1. The number of amides is 1. The van der Waals surface area contributed by atoms with Crippen molar-refractivity contribution in [1.82, 2.24) is 20.2 Å². The van der Waals surface area contributed by atoms with Gasteiger partial charge in [-0.3, -0.25) is 4.79 Å². The zero-order valence-electron chi connectivity index (χ0n) is 24.0. The van der Waals surface area contributed by atoms with Crippen molar-refractivity contribution in [3.63, 3.8) is 0 Å². The summed E-state index contributed by atoms with van der Waals surface area (Å²) in [5.41, 5.74) is 0.351. The number of hydrogen-bond donors (Lipinski definition) is 4. The van der Waals surface area contributed by atoms with E-state index in [1.807, 2.05) is 12.4 Å². The Kier molecular flexibility index (Phi) is 11.3. The summed E-state index contributed by atoms with van der Waals surface area (Å²) in [7, 11) is 0. The molecule has 41 heavy (non-hydrogen) atoms. The maximum absolute atomic E-state index is 14.7. The van der Waals surface area contributed by atoms with E-state index in [9.17, 15) is 24.5 Å². The fraction of sp³-hybridized carbons (Fsp3) is 0.633. The Labute approximate surface area is 241 Å². The number of benzene rings is 1. The van der Waals surface area contributed by atoms with Crippen LogP contribution in [-0.4, -0.2) is 101 Å². The number of aryl methyl sites for hydroxylation is 1. The average Bonchev–Trinajstić information content (AvgIpc) is 2.98. The highest BCUT2D eigenvalue weighted by Gasteiger charge is 2.34. The van der Waals surface area contributed by atoms with Crippen LogP contribution >= 0.6 is 0 Å². The van der Waals surface area contributed by atoms with E-state index in [4.69, 9.17) is 4.74 Å². The Hall–Kier alpha value is -2.86. The van der Waals surface area contributed by atoms with Gasteiger partial charge in [-0.25, -0.2) is 14.4 Å². The monoisotopic (exact) mass is 573 g/mol. The largest absolute Gasteiger partial charge is 0.493 e. The molecular formula is C30H44FN5O5. The minimum absolute atomic E-state index is 0.0212. The second kappa shape index (κ2) is 14.9. The summed E-state index contributed by atoms with van der Waals surface area (Å²) in [6.45, 7) is 4.82. The van der Waals surface area contributed by atoms with Gasteiger partial charge in [0.1, 0.15) is 11.6 Å². The SMILES string of the molecule is CCc1cnc(N2CCC(CCCOc3ccc(CC(=O)N4CC(CNC(CO)(CO)CO)C4)c(F)c3)CC2)nc1. The zero-order valence-corrected chi connectivity index (χ0v) is 24.0. The molecule has 0 unspecified atom stereocenters. The molecule has 0 spiro atoms. The number of carbonyl (C=O) groups is 1. The van der Waals surface area contributed by atoms with E-state index in [0.29, 0.717) is 43.5 Å². The molecule has 0 radical (unpaired) electrons. The van der Waals surface area contributed by atoms with Crippen LogP contribution in [0, 0.1) is 17.7 Å². The normalized spacial score (nSPS) is 16.6. The van der Waals surface area contributed by atoms with Crippen LogP contribution in [0.3, 0.4) is 0 Å². The zero-order chi connectivity index (χ0) is 29.2. The van der Waals surface area contributed by atoms with Crippen molar-refractivity contribution in [3.8, 4) is 5.75 Å². The van der Waals surface area contributed by atoms with Crippen LogP contribution in [0.5, 0.6) is 5.75 Å². The Balaban J connectivity index is 1.11. The van der Waals surface area contributed by atoms with Gasteiger partial charge < -0.3 is 35.2 Å². The maximum atomic E-state index is 14.7. The number of likely N-dealkylation sites (tertiary alicyclic amines) is 1. The summed E-state index contributed by atoms with van der Waals surface area (Å²) in [5, 5.41) is 31.2. The smallest absolute Gasteiger partial charge is 0.227 e. The molecule has 2 aliphatic rings. The van der Waals surface area contributed by atoms with Crippen LogP contribution in [0.15, 0.2) is 30.6 Å². The predicted octanol–water partition coefficient (Wildman–Crippen LogP) is 1.56. The van der Waals surface area contributed by atoms with E-state index < -0.39 is 11.4 Å². The summed E-state index contributed by atoms with van der Waals surface area (Å²) in [5.74, 6) is 1.45. The molecule has 1 aromatic heterocycles. The van der Waals surface area contributed by atoms with Gasteiger partial charge in [0.05, 0.1) is 38.4 Å². The molecule has 1 aromatic carbocycles. The Morgan fingerprint density at radius 3 is 2.39 bits per heavy atom. The number of aromatic nitrogens is 2. The number of aliphatic hydroxyl groups is 3. The van der Waals surface area contributed by atoms with Crippen LogP contribution in [0.4, 0.5) is 10.3 Å². The van der Waals surface area contributed by atoms with Crippen LogP contribution in [0.25, 0.3) is 0 Å². The first kappa shape index (κ1) is 31.1. The van der Waals surface area contributed by atoms with Crippen molar-refractivity contribution in [2.24, 2.45) is 11.8 Å². The molecule has 2 saturated heterocycles. The molecule has 4 N–H and O–H groups in total. The molecule has 0 saturated carbocycles. The molecule has 226 valence electrons. The highest BCUT2D eigenvalue weighted by atomic mass is 19.1. The first-order valence-electron chi connectivity index (χ1n) is 14.7. The number of nitrogens with zero attached hydrogens (tertiary/aromatic N) is 4. The van der Waals surface area contributed by atoms with Gasteiger partial charge in [0, 0.05) is 57.1 Å². The van der Waals surface area contributed by atoms with Crippen molar-refractivity contribution in [3.05, 3.63) is 47.5 Å². The van der Waals surface area contributed by atoms with Gasteiger partial charge in [-0.05, 0) is 55.2 Å². The summed E-state index contributed by atoms with van der Waals surface area (Å²) >= 11 is 0. The third kappa shape index (κ3) is 8.34. The number of anilines is 1. The van der Waals surface area contributed by atoms with E-state index in [1.165, 1.54) is 6.07 Å². The molecule has 10 nitrogen and oxygen atoms in total. The van der Waals surface area contributed by atoms with Crippen molar-refractivity contribution in [1.29, 1.82) is 0 Å². The van der Waals surface area contributed by atoms with Gasteiger partial charge in [0.2, 0.25) is 11.9 Å². The molecule has 0 aliphatic carbocycles. The first-order chi connectivity index (χ1) is 19.9. The van der Waals surface area contributed by atoms with E-state index in [-0.39, 0.29) is 38.1 Å².